The quantitative estimate of drug-likeness (QED) is 0.856. The average molecular weight is 234 g/mol. The van der Waals surface area contributed by atoms with Gasteiger partial charge in [-0.2, -0.15) is 11.3 Å². The third-order valence-corrected chi connectivity index (χ3v) is 2.77. The van der Waals surface area contributed by atoms with E-state index in [4.69, 9.17) is 5.73 Å². The van der Waals surface area contributed by atoms with Gasteiger partial charge in [-0.3, -0.25) is 0 Å². The average Bonchev–Trinajstić information content (AvgIpc) is 2.84. The molecule has 0 amide bonds. The zero-order valence-corrected chi connectivity index (χ0v) is 10.3. The molecule has 2 aromatic rings. The minimum atomic E-state index is 0.640. The fraction of sp³-hybridized carbons (Fsp3) is 0.231. The van der Waals surface area contributed by atoms with Crippen LogP contribution in [0.3, 0.4) is 0 Å². The molecule has 16 heavy (non-hydrogen) atoms. The van der Waals surface area contributed by atoms with Gasteiger partial charge in [0.15, 0.2) is 0 Å². The number of nitrogens with one attached hydrogen (secondary N) is 1. The molecule has 2 rings (SSSR count). The van der Waals surface area contributed by atoms with E-state index in [-0.39, 0.29) is 0 Å². The first-order chi connectivity index (χ1) is 7.86. The molecule has 2 nitrogen and oxygen atoms in total. The van der Waals surface area contributed by atoms with E-state index in [1.165, 1.54) is 11.1 Å². The Bertz CT molecular complexity index is 357. The van der Waals surface area contributed by atoms with Crippen LogP contribution in [0.1, 0.15) is 11.1 Å². The van der Waals surface area contributed by atoms with Crippen LogP contribution in [0.4, 0.5) is 0 Å². The van der Waals surface area contributed by atoms with Gasteiger partial charge < -0.3 is 11.1 Å². The lowest BCUT2D eigenvalue weighted by Gasteiger charge is -1.90. The van der Waals surface area contributed by atoms with Gasteiger partial charge in [-0.25, -0.2) is 0 Å². The first-order valence-electron chi connectivity index (χ1n) is 5.26. The van der Waals surface area contributed by atoms with E-state index in [0.717, 1.165) is 6.54 Å². The number of rotatable bonds is 3. The molecule has 0 saturated heterocycles. The van der Waals surface area contributed by atoms with Crippen LogP contribution in [0.2, 0.25) is 0 Å². The second kappa shape index (κ2) is 8.05. The summed E-state index contributed by atoms with van der Waals surface area (Å²) in [6, 6.07) is 12.1. The lowest BCUT2D eigenvalue weighted by atomic mass is 10.2. The van der Waals surface area contributed by atoms with Gasteiger partial charge in [-0.05, 0) is 35.0 Å². The van der Waals surface area contributed by atoms with Crippen molar-refractivity contribution in [3.63, 3.8) is 0 Å². The first-order valence-corrected chi connectivity index (χ1v) is 6.20. The van der Waals surface area contributed by atoms with Gasteiger partial charge in [-0.1, -0.05) is 30.3 Å². The van der Waals surface area contributed by atoms with Crippen molar-refractivity contribution >= 4 is 11.3 Å². The Morgan fingerprint density at radius 1 is 1.12 bits per heavy atom. The van der Waals surface area contributed by atoms with E-state index >= 15 is 0 Å². The van der Waals surface area contributed by atoms with Gasteiger partial charge in [0.05, 0.1) is 0 Å². The van der Waals surface area contributed by atoms with Gasteiger partial charge in [0.1, 0.15) is 0 Å². The molecule has 0 spiro atoms. The monoisotopic (exact) mass is 234 g/mol. The molecule has 1 aromatic heterocycles. The summed E-state index contributed by atoms with van der Waals surface area (Å²) in [5.41, 5.74) is 7.91. The van der Waals surface area contributed by atoms with Crippen LogP contribution in [0.15, 0.2) is 47.2 Å². The third-order valence-electron chi connectivity index (χ3n) is 2.04. The normalized spacial score (nSPS) is 9.38. The van der Waals surface area contributed by atoms with E-state index < -0.39 is 0 Å². The Kier molecular flexibility index (Phi) is 6.49. The maximum absolute atomic E-state index is 5.35. The summed E-state index contributed by atoms with van der Waals surface area (Å²) in [7, 11) is 1.96. The summed E-state index contributed by atoms with van der Waals surface area (Å²) in [5, 5.41) is 7.32. The molecule has 1 aromatic carbocycles. The number of thiophene rings is 1. The first kappa shape index (κ1) is 12.9. The van der Waals surface area contributed by atoms with Gasteiger partial charge in [0.2, 0.25) is 0 Å². The second-order valence-corrected chi connectivity index (χ2v) is 4.13. The highest BCUT2D eigenvalue weighted by atomic mass is 32.1. The van der Waals surface area contributed by atoms with E-state index in [1.807, 2.05) is 37.4 Å². The van der Waals surface area contributed by atoms with Crippen LogP contribution in [0.5, 0.6) is 0 Å². The molecular weight excluding hydrogens is 216 g/mol. The van der Waals surface area contributed by atoms with Crippen molar-refractivity contribution in [1.29, 1.82) is 0 Å². The molecule has 0 aliphatic heterocycles. The molecular formula is C13H18N2S. The highest BCUT2D eigenvalue weighted by Crippen LogP contribution is 2.03. The van der Waals surface area contributed by atoms with Crippen LogP contribution < -0.4 is 11.1 Å². The SMILES string of the molecule is CNCc1ccsc1.NCc1ccccc1. The van der Waals surface area contributed by atoms with Gasteiger partial charge in [-0.15, -0.1) is 0 Å². The maximum atomic E-state index is 5.35. The molecule has 0 radical (unpaired) electrons. The second-order valence-electron chi connectivity index (χ2n) is 3.35. The van der Waals surface area contributed by atoms with Crippen molar-refractivity contribution in [1.82, 2.24) is 5.32 Å². The van der Waals surface area contributed by atoms with Crippen LogP contribution in [0, 0.1) is 0 Å². The molecule has 0 atom stereocenters. The molecule has 0 saturated carbocycles. The molecule has 3 N–H and O–H groups in total. The van der Waals surface area contributed by atoms with Crippen molar-refractivity contribution in [2.75, 3.05) is 7.05 Å². The van der Waals surface area contributed by atoms with Crippen molar-refractivity contribution in [2.45, 2.75) is 13.1 Å². The molecule has 1 heterocycles. The molecule has 3 heteroatoms. The van der Waals surface area contributed by atoms with Crippen molar-refractivity contribution in [2.24, 2.45) is 5.73 Å². The van der Waals surface area contributed by atoms with E-state index in [9.17, 15) is 0 Å². The van der Waals surface area contributed by atoms with E-state index in [1.54, 1.807) is 11.3 Å². The summed E-state index contributed by atoms with van der Waals surface area (Å²) in [5.74, 6) is 0. The van der Waals surface area contributed by atoms with Crippen LogP contribution in [-0.4, -0.2) is 7.05 Å². The Balaban J connectivity index is 0.000000160. The Morgan fingerprint density at radius 3 is 2.31 bits per heavy atom. The number of nitrogens with two attached hydrogens (primary N) is 1. The Labute approximate surface area is 101 Å². The molecule has 0 fully saturated rings. The van der Waals surface area contributed by atoms with Gasteiger partial charge in [0.25, 0.3) is 0 Å². The summed E-state index contributed by atoms with van der Waals surface area (Å²) < 4.78 is 0. The number of hydrogen-bond acceptors (Lipinski definition) is 3. The molecule has 86 valence electrons. The lowest BCUT2D eigenvalue weighted by Crippen LogP contribution is -2.03. The maximum Gasteiger partial charge on any atom is 0.0210 e. The summed E-state index contributed by atoms with van der Waals surface area (Å²) in [6.45, 7) is 1.63. The molecule has 0 unspecified atom stereocenters. The predicted octanol–water partition coefficient (Wildman–Crippen LogP) is 2.61. The predicted molar refractivity (Wildman–Crippen MR) is 71.4 cm³/mol. The minimum absolute atomic E-state index is 0.640. The summed E-state index contributed by atoms with van der Waals surface area (Å²) >= 11 is 1.74. The fourth-order valence-corrected chi connectivity index (χ4v) is 1.88. The topological polar surface area (TPSA) is 38.0 Å². The third kappa shape index (κ3) is 5.07. The van der Waals surface area contributed by atoms with E-state index in [0.29, 0.717) is 6.54 Å². The summed E-state index contributed by atoms with van der Waals surface area (Å²) in [6.07, 6.45) is 0. The zero-order chi connectivity index (χ0) is 11.6. The molecule has 0 aliphatic carbocycles. The van der Waals surface area contributed by atoms with Crippen LogP contribution in [0.25, 0.3) is 0 Å². The molecule has 0 bridgehead atoms. The Hall–Kier alpha value is -1.16. The minimum Gasteiger partial charge on any atom is -0.326 e. The fourth-order valence-electron chi connectivity index (χ4n) is 1.21. The largest absolute Gasteiger partial charge is 0.326 e. The van der Waals surface area contributed by atoms with Crippen molar-refractivity contribution in [3.8, 4) is 0 Å². The smallest absolute Gasteiger partial charge is 0.0210 e. The van der Waals surface area contributed by atoms with Crippen molar-refractivity contribution in [3.05, 3.63) is 58.3 Å². The summed E-state index contributed by atoms with van der Waals surface area (Å²) in [4.78, 5) is 0. The standard InChI is InChI=1S/C7H9N.C6H9NS/c8-6-7-4-2-1-3-5-7;1-7-4-6-2-3-8-5-6/h1-5H,6,8H2;2-3,5,7H,4H2,1H3. The van der Waals surface area contributed by atoms with Crippen LogP contribution in [-0.2, 0) is 13.1 Å². The van der Waals surface area contributed by atoms with E-state index in [2.05, 4.69) is 22.1 Å². The lowest BCUT2D eigenvalue weighted by molar-refractivity contribution is 0.821. The molecule has 0 aliphatic rings. The number of hydrogen-bond donors (Lipinski definition) is 2. The van der Waals surface area contributed by atoms with Crippen LogP contribution >= 0.6 is 11.3 Å². The number of benzene rings is 1. The van der Waals surface area contributed by atoms with Gasteiger partial charge in [0, 0.05) is 13.1 Å². The highest BCUT2D eigenvalue weighted by molar-refractivity contribution is 7.07. The van der Waals surface area contributed by atoms with Crippen molar-refractivity contribution < 1.29 is 0 Å². The Morgan fingerprint density at radius 2 is 1.88 bits per heavy atom. The zero-order valence-electron chi connectivity index (χ0n) is 9.52. The highest BCUT2D eigenvalue weighted by Gasteiger charge is 1.85. The van der Waals surface area contributed by atoms with Gasteiger partial charge >= 0.3 is 0 Å².